The van der Waals surface area contributed by atoms with Crippen LogP contribution in [0.5, 0.6) is 0 Å². The van der Waals surface area contributed by atoms with E-state index in [1.807, 2.05) is 26.0 Å². The molecule has 0 radical (unpaired) electrons. The van der Waals surface area contributed by atoms with Gasteiger partial charge in [-0.2, -0.15) is 0 Å². The van der Waals surface area contributed by atoms with Crippen LogP contribution in [0.25, 0.3) is 0 Å². The molecular weight excluding hydrogens is 256 g/mol. The van der Waals surface area contributed by atoms with Crippen LogP contribution in [-0.2, 0) is 0 Å². The molecule has 0 fully saturated rings. The number of aryl methyl sites for hydroxylation is 1. The van der Waals surface area contributed by atoms with Crippen LogP contribution in [-0.4, -0.2) is 17.6 Å². The molecule has 0 saturated carbocycles. The highest BCUT2D eigenvalue weighted by molar-refractivity contribution is 7.80. The van der Waals surface area contributed by atoms with Gasteiger partial charge in [0.05, 0.1) is 10.7 Å². The molecule has 1 rings (SSSR count). The quantitative estimate of drug-likeness (QED) is 0.438. The maximum Gasteiger partial charge on any atom is 0.199 e. The summed E-state index contributed by atoms with van der Waals surface area (Å²) in [4.78, 5) is 1.43. The van der Waals surface area contributed by atoms with Gasteiger partial charge in [0.15, 0.2) is 11.1 Å². The van der Waals surface area contributed by atoms with Gasteiger partial charge in [-0.3, -0.25) is 10.3 Å². The molecule has 0 bridgehead atoms. The van der Waals surface area contributed by atoms with E-state index >= 15 is 0 Å². The van der Waals surface area contributed by atoms with Crippen molar-refractivity contribution in [2.45, 2.75) is 13.8 Å². The third-order valence-electron chi connectivity index (χ3n) is 2.18. The molecule has 0 unspecified atom stereocenters. The Hall–Kier alpha value is -1.33. The number of para-hydroxylation sites is 1. The van der Waals surface area contributed by atoms with Gasteiger partial charge in [-0.15, -0.1) is 0 Å². The van der Waals surface area contributed by atoms with Crippen molar-refractivity contribution in [3.05, 3.63) is 28.8 Å². The van der Waals surface area contributed by atoms with Crippen LogP contribution in [0.3, 0.4) is 0 Å². The molecule has 0 amide bonds. The smallest absolute Gasteiger partial charge is 0.199 e. The third kappa shape index (κ3) is 3.08. The number of nitrogens with two attached hydrogens (primary N) is 1. The highest BCUT2D eigenvalue weighted by Gasteiger charge is 2.19. The summed E-state index contributed by atoms with van der Waals surface area (Å²) in [5.74, 6) is -0.160. The normalized spacial score (nSPS) is 9.82. The Morgan fingerprint density at radius 3 is 2.71 bits per heavy atom. The van der Waals surface area contributed by atoms with Gasteiger partial charge in [0, 0.05) is 6.54 Å². The molecule has 0 aliphatic heterocycles. The first-order valence-electron chi connectivity index (χ1n) is 5.16. The number of hydrogen-bond acceptors (Lipinski definition) is 2. The average molecular weight is 271 g/mol. The van der Waals surface area contributed by atoms with Crippen LogP contribution in [0.2, 0.25) is 5.02 Å². The Morgan fingerprint density at radius 2 is 2.24 bits per heavy atom. The zero-order valence-electron chi connectivity index (χ0n) is 9.75. The lowest BCUT2D eigenvalue weighted by Crippen LogP contribution is -2.47. The van der Waals surface area contributed by atoms with Crippen molar-refractivity contribution in [2.75, 3.05) is 11.4 Å². The fourth-order valence-corrected chi connectivity index (χ4v) is 2.11. The highest BCUT2D eigenvalue weighted by Crippen LogP contribution is 2.29. The van der Waals surface area contributed by atoms with Gasteiger partial charge in [0.2, 0.25) is 0 Å². The summed E-state index contributed by atoms with van der Waals surface area (Å²) >= 11 is 11.3. The number of anilines is 1. The molecule has 0 heterocycles. The summed E-state index contributed by atoms with van der Waals surface area (Å²) in [5, 5.41) is 11.5. The Morgan fingerprint density at radius 1 is 1.59 bits per heavy atom. The summed E-state index contributed by atoms with van der Waals surface area (Å²) in [7, 11) is 0. The van der Waals surface area contributed by atoms with Crippen LogP contribution < -0.4 is 16.0 Å². The molecule has 0 saturated heterocycles. The molecule has 0 aliphatic carbocycles. The monoisotopic (exact) mass is 270 g/mol. The van der Waals surface area contributed by atoms with Crippen molar-refractivity contribution in [1.82, 2.24) is 5.32 Å². The van der Waals surface area contributed by atoms with Crippen LogP contribution in [0.4, 0.5) is 5.69 Å². The van der Waals surface area contributed by atoms with Crippen molar-refractivity contribution < 1.29 is 0 Å². The Balaban J connectivity index is 3.23. The molecule has 0 atom stereocenters. The largest absolute Gasteiger partial charge is 0.369 e. The number of halogens is 1. The maximum atomic E-state index is 7.61. The van der Waals surface area contributed by atoms with Crippen LogP contribution in [0.15, 0.2) is 18.2 Å². The Kier molecular flexibility index (Phi) is 4.72. The van der Waals surface area contributed by atoms with E-state index in [-0.39, 0.29) is 5.96 Å². The number of hydrogen-bond donors (Lipinski definition) is 3. The first-order chi connectivity index (χ1) is 7.99. The minimum atomic E-state index is -0.160. The van der Waals surface area contributed by atoms with Crippen molar-refractivity contribution in [1.29, 1.82) is 5.41 Å². The van der Waals surface area contributed by atoms with Crippen molar-refractivity contribution in [2.24, 2.45) is 5.73 Å². The summed E-state index contributed by atoms with van der Waals surface area (Å²) in [5.41, 5.74) is 7.12. The number of guanidine groups is 1. The molecule has 0 aromatic heterocycles. The van der Waals surface area contributed by atoms with Gasteiger partial charge < -0.3 is 11.1 Å². The molecule has 92 valence electrons. The maximum absolute atomic E-state index is 7.61. The standard InChI is InChI=1S/C11H15ClN4S/c1-3-15-11(17)16(10(13)14)9-7(2)5-4-6-8(9)12/h4-6H,3H2,1-2H3,(H3,13,14)(H,15,17). The van der Waals surface area contributed by atoms with E-state index in [1.165, 1.54) is 4.90 Å². The number of thiocarbonyl (C=S) groups is 1. The number of nitrogens with one attached hydrogen (secondary N) is 2. The van der Waals surface area contributed by atoms with Crippen LogP contribution >= 0.6 is 23.8 Å². The van der Waals surface area contributed by atoms with E-state index in [9.17, 15) is 0 Å². The molecule has 4 N–H and O–H groups in total. The van der Waals surface area contributed by atoms with Crippen molar-refractivity contribution >= 4 is 40.6 Å². The second kappa shape index (κ2) is 5.84. The predicted octanol–water partition coefficient (Wildman–Crippen LogP) is 2.24. The topological polar surface area (TPSA) is 65.1 Å². The average Bonchev–Trinajstić information content (AvgIpc) is 2.23. The summed E-state index contributed by atoms with van der Waals surface area (Å²) < 4.78 is 0. The van der Waals surface area contributed by atoms with Crippen molar-refractivity contribution in [3.63, 3.8) is 0 Å². The second-order valence-electron chi connectivity index (χ2n) is 3.46. The van der Waals surface area contributed by atoms with Gasteiger partial charge >= 0.3 is 0 Å². The molecule has 0 aliphatic rings. The van der Waals surface area contributed by atoms with Gasteiger partial charge in [-0.1, -0.05) is 23.7 Å². The molecule has 4 nitrogen and oxygen atoms in total. The third-order valence-corrected chi connectivity index (χ3v) is 2.82. The van der Waals surface area contributed by atoms with Crippen LogP contribution in [0.1, 0.15) is 12.5 Å². The number of nitrogens with zero attached hydrogens (tertiary/aromatic N) is 1. The molecule has 6 heteroatoms. The Bertz CT molecular complexity index is 427. The lowest BCUT2D eigenvalue weighted by molar-refractivity contribution is 0.965. The van der Waals surface area contributed by atoms with E-state index in [0.29, 0.717) is 22.4 Å². The molecule has 1 aromatic carbocycles. The van der Waals surface area contributed by atoms with Crippen LogP contribution in [0, 0.1) is 12.3 Å². The summed E-state index contributed by atoms with van der Waals surface area (Å²) in [6, 6.07) is 5.48. The second-order valence-corrected chi connectivity index (χ2v) is 4.26. The highest BCUT2D eigenvalue weighted by atomic mass is 35.5. The van der Waals surface area contributed by atoms with E-state index in [1.54, 1.807) is 6.07 Å². The van der Waals surface area contributed by atoms with E-state index < -0.39 is 0 Å². The van der Waals surface area contributed by atoms with Gasteiger partial charge in [0.1, 0.15) is 0 Å². The van der Waals surface area contributed by atoms with Gasteiger partial charge in [-0.05, 0) is 37.7 Å². The van der Waals surface area contributed by atoms with E-state index in [4.69, 9.17) is 35.0 Å². The minimum absolute atomic E-state index is 0.160. The number of benzene rings is 1. The first kappa shape index (κ1) is 13.7. The van der Waals surface area contributed by atoms with E-state index in [2.05, 4.69) is 5.32 Å². The molecular formula is C11H15ClN4S. The summed E-state index contributed by atoms with van der Waals surface area (Å²) in [6.07, 6.45) is 0. The lowest BCUT2D eigenvalue weighted by Gasteiger charge is -2.26. The lowest BCUT2D eigenvalue weighted by atomic mass is 10.2. The van der Waals surface area contributed by atoms with Crippen molar-refractivity contribution in [3.8, 4) is 0 Å². The molecule has 0 spiro atoms. The summed E-state index contributed by atoms with van der Waals surface area (Å²) in [6.45, 7) is 4.47. The molecule has 17 heavy (non-hydrogen) atoms. The van der Waals surface area contributed by atoms with Gasteiger partial charge in [-0.25, -0.2) is 0 Å². The number of rotatable bonds is 2. The zero-order chi connectivity index (χ0) is 13.0. The zero-order valence-corrected chi connectivity index (χ0v) is 11.3. The minimum Gasteiger partial charge on any atom is -0.369 e. The molecule has 1 aromatic rings. The fraction of sp³-hybridized carbons (Fsp3) is 0.273. The SMILES string of the molecule is CCNC(=S)N(C(=N)N)c1c(C)cccc1Cl. The van der Waals surface area contributed by atoms with E-state index in [0.717, 1.165) is 5.56 Å². The fourth-order valence-electron chi connectivity index (χ4n) is 1.47. The van der Waals surface area contributed by atoms with Gasteiger partial charge in [0.25, 0.3) is 0 Å². The first-order valence-corrected chi connectivity index (χ1v) is 5.94. The Labute approximate surface area is 111 Å². The predicted molar refractivity (Wildman–Crippen MR) is 76.9 cm³/mol.